The van der Waals surface area contributed by atoms with Crippen LogP contribution in [0.25, 0.3) is 0 Å². The van der Waals surface area contributed by atoms with E-state index < -0.39 is 0 Å². The summed E-state index contributed by atoms with van der Waals surface area (Å²) in [5.74, 6) is 0.551. The van der Waals surface area contributed by atoms with Gasteiger partial charge in [0.15, 0.2) is 0 Å². The molecule has 0 amide bonds. The normalized spacial score (nSPS) is 13.0. The SMILES string of the molecule is CC(C)ON=C(C(=NOC(C)C)n1cncn1)n1cncn1. The van der Waals surface area contributed by atoms with Crippen LogP contribution < -0.4 is 0 Å². The summed E-state index contributed by atoms with van der Waals surface area (Å²) in [6, 6.07) is 0. The first-order valence-corrected chi connectivity index (χ1v) is 6.76. The minimum absolute atomic E-state index is 0.110. The second-order valence-electron chi connectivity index (χ2n) is 4.82. The number of nitrogens with zero attached hydrogens (tertiary/aromatic N) is 8. The van der Waals surface area contributed by atoms with Crippen LogP contribution in [-0.2, 0) is 9.68 Å². The molecular formula is C12H18N8O2. The molecule has 0 aliphatic carbocycles. The second-order valence-corrected chi connectivity index (χ2v) is 4.82. The number of hydrogen-bond donors (Lipinski definition) is 0. The first kappa shape index (κ1) is 15.6. The highest BCUT2D eigenvalue weighted by atomic mass is 16.6. The van der Waals surface area contributed by atoms with Crippen molar-refractivity contribution < 1.29 is 9.68 Å². The smallest absolute Gasteiger partial charge is 0.242 e. The van der Waals surface area contributed by atoms with Gasteiger partial charge in [0.05, 0.1) is 0 Å². The fraction of sp³-hybridized carbons (Fsp3) is 0.500. The molecule has 0 aromatic carbocycles. The molecule has 2 rings (SSSR count). The van der Waals surface area contributed by atoms with E-state index in [4.69, 9.17) is 9.68 Å². The molecule has 10 nitrogen and oxygen atoms in total. The van der Waals surface area contributed by atoms with E-state index in [1.807, 2.05) is 27.7 Å². The Balaban J connectivity index is 2.44. The average Bonchev–Trinajstić information content (AvgIpc) is 3.14. The van der Waals surface area contributed by atoms with Crippen molar-refractivity contribution in [2.24, 2.45) is 10.3 Å². The lowest BCUT2D eigenvalue weighted by atomic mass is 10.5. The molecule has 0 N–H and O–H groups in total. The molecule has 0 radical (unpaired) electrons. The van der Waals surface area contributed by atoms with Gasteiger partial charge < -0.3 is 9.68 Å². The van der Waals surface area contributed by atoms with Gasteiger partial charge >= 0.3 is 0 Å². The molecule has 2 heterocycles. The summed E-state index contributed by atoms with van der Waals surface area (Å²) in [5.41, 5.74) is 0. The van der Waals surface area contributed by atoms with E-state index in [1.54, 1.807) is 0 Å². The predicted octanol–water partition coefficient (Wildman–Crippen LogP) is 0.743. The molecule has 0 spiro atoms. The van der Waals surface area contributed by atoms with E-state index in [1.165, 1.54) is 34.7 Å². The molecule has 0 aliphatic rings. The predicted molar refractivity (Wildman–Crippen MR) is 78.2 cm³/mol. The fourth-order valence-corrected chi connectivity index (χ4v) is 1.32. The van der Waals surface area contributed by atoms with Crippen molar-refractivity contribution in [3.63, 3.8) is 0 Å². The summed E-state index contributed by atoms with van der Waals surface area (Å²) in [6.45, 7) is 7.44. The highest BCUT2D eigenvalue weighted by Crippen LogP contribution is 1.99. The van der Waals surface area contributed by atoms with Gasteiger partial charge in [0.2, 0.25) is 11.7 Å². The van der Waals surface area contributed by atoms with Crippen LogP contribution in [0.2, 0.25) is 0 Å². The molecule has 0 saturated heterocycles. The Bertz CT molecular complexity index is 559. The number of rotatable bonds is 4. The van der Waals surface area contributed by atoms with Gasteiger partial charge in [-0.1, -0.05) is 10.3 Å². The molecule has 10 heteroatoms. The molecule has 2 aromatic rings. The maximum Gasteiger partial charge on any atom is 0.242 e. The molecule has 0 aliphatic heterocycles. The Morgan fingerprint density at radius 3 is 1.50 bits per heavy atom. The molecular weight excluding hydrogens is 288 g/mol. The third-order valence-corrected chi connectivity index (χ3v) is 2.17. The summed E-state index contributed by atoms with van der Waals surface area (Å²) in [4.78, 5) is 18.4. The first-order valence-electron chi connectivity index (χ1n) is 6.76. The van der Waals surface area contributed by atoms with Crippen molar-refractivity contribution in [3.05, 3.63) is 25.3 Å². The van der Waals surface area contributed by atoms with E-state index in [-0.39, 0.29) is 23.9 Å². The van der Waals surface area contributed by atoms with Crippen LogP contribution in [0.5, 0.6) is 0 Å². The topological polar surface area (TPSA) is 105 Å². The summed E-state index contributed by atoms with van der Waals surface area (Å²) in [5, 5.41) is 16.3. The number of oxime groups is 2. The highest BCUT2D eigenvalue weighted by molar-refractivity contribution is 6.41. The zero-order valence-corrected chi connectivity index (χ0v) is 12.9. The molecule has 118 valence electrons. The maximum atomic E-state index is 5.32. The van der Waals surface area contributed by atoms with E-state index in [0.29, 0.717) is 0 Å². The maximum absolute atomic E-state index is 5.32. The van der Waals surface area contributed by atoms with Crippen molar-refractivity contribution in [1.29, 1.82) is 0 Å². The monoisotopic (exact) mass is 306 g/mol. The van der Waals surface area contributed by atoms with Gasteiger partial charge in [-0.15, -0.1) is 0 Å². The van der Waals surface area contributed by atoms with E-state index in [9.17, 15) is 0 Å². The summed E-state index contributed by atoms with van der Waals surface area (Å²) in [6.07, 6.45) is 5.50. The Morgan fingerprint density at radius 2 is 1.23 bits per heavy atom. The zero-order chi connectivity index (χ0) is 15.9. The van der Waals surface area contributed by atoms with E-state index in [2.05, 4.69) is 30.5 Å². The highest BCUT2D eigenvalue weighted by Gasteiger charge is 2.19. The van der Waals surface area contributed by atoms with Crippen molar-refractivity contribution in [2.45, 2.75) is 39.9 Å². The molecule has 0 fully saturated rings. The summed E-state index contributed by atoms with van der Waals surface area (Å²) < 4.78 is 2.82. The Hall–Kier alpha value is -2.78. The van der Waals surface area contributed by atoms with Crippen LogP contribution >= 0.6 is 0 Å². The quantitative estimate of drug-likeness (QED) is 0.469. The zero-order valence-electron chi connectivity index (χ0n) is 12.9. The lowest BCUT2D eigenvalue weighted by molar-refractivity contribution is 0.0817. The molecule has 0 unspecified atom stereocenters. The van der Waals surface area contributed by atoms with E-state index in [0.717, 1.165) is 0 Å². The second kappa shape index (κ2) is 7.29. The molecule has 0 bridgehead atoms. The molecule has 0 saturated carbocycles. The van der Waals surface area contributed by atoms with Gasteiger partial charge in [0.25, 0.3) is 0 Å². The summed E-state index contributed by atoms with van der Waals surface area (Å²) >= 11 is 0. The standard InChI is InChI=1S/C12H18N8O2/c1-9(2)21-17-11(19-7-13-5-15-19)12(18-22-10(3)4)20-8-14-6-16-20/h5-10H,1-4H3. The lowest BCUT2D eigenvalue weighted by Gasteiger charge is -2.11. The summed E-state index contributed by atoms with van der Waals surface area (Å²) in [7, 11) is 0. The van der Waals surface area contributed by atoms with Crippen molar-refractivity contribution in [3.8, 4) is 0 Å². The Kier molecular flexibility index (Phi) is 5.17. The third-order valence-electron chi connectivity index (χ3n) is 2.17. The third kappa shape index (κ3) is 4.11. The molecule has 2 aromatic heterocycles. The van der Waals surface area contributed by atoms with Gasteiger partial charge in [-0.3, -0.25) is 0 Å². The average molecular weight is 306 g/mol. The van der Waals surface area contributed by atoms with Crippen LogP contribution in [0, 0.1) is 0 Å². The Morgan fingerprint density at radius 1 is 0.818 bits per heavy atom. The largest absolute Gasteiger partial charge is 0.391 e. The van der Waals surface area contributed by atoms with Gasteiger partial charge in [0, 0.05) is 0 Å². The van der Waals surface area contributed by atoms with Gasteiger partial charge in [-0.05, 0) is 27.7 Å². The van der Waals surface area contributed by atoms with E-state index >= 15 is 0 Å². The van der Waals surface area contributed by atoms with Gasteiger partial charge in [-0.2, -0.15) is 19.6 Å². The fourth-order valence-electron chi connectivity index (χ4n) is 1.32. The van der Waals surface area contributed by atoms with Crippen molar-refractivity contribution in [2.75, 3.05) is 0 Å². The van der Waals surface area contributed by atoms with Crippen LogP contribution in [0.4, 0.5) is 0 Å². The van der Waals surface area contributed by atoms with Crippen LogP contribution in [0.1, 0.15) is 27.7 Å². The number of hydrogen-bond acceptors (Lipinski definition) is 8. The molecule has 0 atom stereocenters. The van der Waals surface area contributed by atoms with Gasteiger partial charge in [0.1, 0.15) is 37.5 Å². The molecule has 22 heavy (non-hydrogen) atoms. The van der Waals surface area contributed by atoms with Crippen molar-refractivity contribution >= 4 is 11.7 Å². The van der Waals surface area contributed by atoms with Crippen LogP contribution in [-0.4, -0.2) is 53.4 Å². The van der Waals surface area contributed by atoms with Gasteiger partial charge in [-0.25, -0.2) is 9.97 Å². The van der Waals surface area contributed by atoms with Crippen molar-refractivity contribution in [1.82, 2.24) is 29.5 Å². The minimum atomic E-state index is -0.110. The Labute approximate surface area is 127 Å². The lowest BCUT2D eigenvalue weighted by Crippen LogP contribution is -2.31. The minimum Gasteiger partial charge on any atom is -0.391 e. The van der Waals surface area contributed by atoms with Crippen LogP contribution in [0.3, 0.4) is 0 Å². The number of aromatic nitrogens is 6. The van der Waals surface area contributed by atoms with Crippen LogP contribution in [0.15, 0.2) is 35.6 Å². The first-order chi connectivity index (χ1) is 10.6.